The first-order valence-electron chi connectivity index (χ1n) is 6.24. The predicted octanol–water partition coefficient (Wildman–Crippen LogP) is 4.25. The minimum Gasteiger partial charge on any atom is -0.384 e. The largest absolute Gasteiger partial charge is 0.384 e. The second-order valence-electron chi connectivity index (χ2n) is 4.13. The van der Waals surface area contributed by atoms with Gasteiger partial charge in [0.15, 0.2) is 0 Å². The maximum absolute atomic E-state index is 9.84. The summed E-state index contributed by atoms with van der Waals surface area (Å²) in [4.78, 5) is 0. The van der Waals surface area contributed by atoms with E-state index in [4.69, 9.17) is 0 Å². The van der Waals surface area contributed by atoms with Gasteiger partial charge in [-0.2, -0.15) is 0 Å². The lowest BCUT2D eigenvalue weighted by Crippen LogP contribution is -1.91. The summed E-state index contributed by atoms with van der Waals surface area (Å²) in [7, 11) is 0. The summed E-state index contributed by atoms with van der Waals surface area (Å²) in [6.45, 7) is 2.22. The quantitative estimate of drug-likeness (QED) is 0.536. The van der Waals surface area contributed by atoms with Crippen LogP contribution in [0.2, 0.25) is 0 Å². The summed E-state index contributed by atoms with van der Waals surface area (Å²) in [6.07, 6.45) is 9.71. The van der Waals surface area contributed by atoms with Gasteiger partial charge in [-0.1, -0.05) is 68.7 Å². The Morgan fingerprint density at radius 3 is 2.56 bits per heavy atom. The first-order chi connectivity index (χ1) is 7.84. The molecule has 1 atom stereocenters. The molecule has 0 radical (unpaired) electrons. The number of unbranched alkanes of at least 4 members (excludes halogenated alkanes) is 4. The molecule has 0 aromatic heterocycles. The average Bonchev–Trinajstić information content (AvgIpc) is 2.34. The van der Waals surface area contributed by atoms with Gasteiger partial charge >= 0.3 is 0 Å². The van der Waals surface area contributed by atoms with Crippen LogP contribution in [0.15, 0.2) is 42.5 Å². The van der Waals surface area contributed by atoms with Gasteiger partial charge in [0, 0.05) is 0 Å². The van der Waals surface area contributed by atoms with Gasteiger partial charge in [0.05, 0.1) is 6.10 Å². The molecule has 16 heavy (non-hydrogen) atoms. The third-order valence-corrected chi connectivity index (χ3v) is 2.68. The topological polar surface area (TPSA) is 20.2 Å². The lowest BCUT2D eigenvalue weighted by molar-refractivity contribution is 0.228. The second-order valence-corrected chi connectivity index (χ2v) is 4.13. The van der Waals surface area contributed by atoms with Crippen molar-refractivity contribution in [2.24, 2.45) is 0 Å². The maximum Gasteiger partial charge on any atom is 0.0971 e. The Morgan fingerprint density at radius 2 is 1.88 bits per heavy atom. The summed E-state index contributed by atoms with van der Waals surface area (Å²) in [6, 6.07) is 9.77. The normalized spacial score (nSPS) is 13.1. The van der Waals surface area contributed by atoms with Gasteiger partial charge in [-0.05, 0) is 18.4 Å². The van der Waals surface area contributed by atoms with Crippen LogP contribution in [-0.2, 0) is 0 Å². The van der Waals surface area contributed by atoms with Gasteiger partial charge in [-0.3, -0.25) is 0 Å². The summed E-state index contributed by atoms with van der Waals surface area (Å²) in [5.41, 5.74) is 0.965. The van der Waals surface area contributed by atoms with Crippen molar-refractivity contribution in [2.45, 2.75) is 45.1 Å². The van der Waals surface area contributed by atoms with E-state index in [1.807, 2.05) is 36.4 Å². The van der Waals surface area contributed by atoms with Gasteiger partial charge in [0.25, 0.3) is 0 Å². The van der Waals surface area contributed by atoms with Crippen molar-refractivity contribution < 1.29 is 5.11 Å². The van der Waals surface area contributed by atoms with Crippen LogP contribution >= 0.6 is 0 Å². The van der Waals surface area contributed by atoms with Crippen molar-refractivity contribution >= 4 is 0 Å². The molecule has 0 aliphatic rings. The molecule has 0 unspecified atom stereocenters. The Labute approximate surface area is 98.8 Å². The molecule has 88 valence electrons. The van der Waals surface area contributed by atoms with Crippen LogP contribution in [0, 0.1) is 0 Å². The number of rotatable bonds is 7. The van der Waals surface area contributed by atoms with E-state index in [1.165, 1.54) is 25.7 Å². The fourth-order valence-electron chi connectivity index (χ4n) is 1.68. The van der Waals surface area contributed by atoms with Crippen LogP contribution in [0.5, 0.6) is 0 Å². The van der Waals surface area contributed by atoms with Gasteiger partial charge in [-0.15, -0.1) is 0 Å². The lowest BCUT2D eigenvalue weighted by Gasteiger charge is -2.04. The number of benzene rings is 1. The fourth-order valence-corrected chi connectivity index (χ4v) is 1.68. The van der Waals surface area contributed by atoms with E-state index < -0.39 is 6.10 Å². The Morgan fingerprint density at radius 1 is 1.12 bits per heavy atom. The Bertz CT molecular complexity index is 290. The molecule has 0 saturated carbocycles. The van der Waals surface area contributed by atoms with E-state index in [9.17, 15) is 5.11 Å². The molecule has 1 rings (SSSR count). The van der Waals surface area contributed by atoms with E-state index in [1.54, 1.807) is 0 Å². The molecular weight excluding hydrogens is 196 g/mol. The summed E-state index contributed by atoms with van der Waals surface area (Å²) in [5, 5.41) is 9.84. The van der Waals surface area contributed by atoms with Crippen molar-refractivity contribution in [1.29, 1.82) is 0 Å². The summed E-state index contributed by atoms with van der Waals surface area (Å²) >= 11 is 0. The summed E-state index contributed by atoms with van der Waals surface area (Å²) in [5.74, 6) is 0. The number of allylic oxidation sites excluding steroid dienone is 1. The molecule has 0 bridgehead atoms. The van der Waals surface area contributed by atoms with E-state index in [-0.39, 0.29) is 0 Å². The average molecular weight is 218 g/mol. The number of aliphatic hydroxyl groups excluding tert-OH is 1. The fraction of sp³-hybridized carbons (Fsp3) is 0.467. The van der Waals surface area contributed by atoms with Crippen molar-refractivity contribution in [3.8, 4) is 0 Å². The van der Waals surface area contributed by atoms with Crippen LogP contribution in [-0.4, -0.2) is 5.11 Å². The highest BCUT2D eigenvalue weighted by Crippen LogP contribution is 2.14. The number of hydrogen-bond donors (Lipinski definition) is 1. The lowest BCUT2D eigenvalue weighted by atomic mass is 10.1. The SMILES string of the molecule is CCCCCC/C=C/[C@H](O)c1ccccc1. The molecule has 1 aromatic carbocycles. The molecule has 0 saturated heterocycles. The zero-order valence-corrected chi connectivity index (χ0v) is 10.1. The Kier molecular flexibility index (Phi) is 6.59. The number of aliphatic hydroxyl groups is 1. The van der Waals surface area contributed by atoms with Crippen LogP contribution < -0.4 is 0 Å². The first kappa shape index (κ1) is 13.0. The Hall–Kier alpha value is -1.08. The van der Waals surface area contributed by atoms with Crippen molar-refractivity contribution in [3.63, 3.8) is 0 Å². The van der Waals surface area contributed by atoms with Crippen molar-refractivity contribution in [3.05, 3.63) is 48.0 Å². The number of hydrogen-bond acceptors (Lipinski definition) is 1. The molecule has 1 nitrogen and oxygen atoms in total. The molecule has 1 aromatic rings. The zero-order chi connectivity index (χ0) is 11.6. The van der Waals surface area contributed by atoms with Gasteiger partial charge in [0.2, 0.25) is 0 Å². The summed E-state index contributed by atoms with van der Waals surface area (Å²) < 4.78 is 0. The van der Waals surface area contributed by atoms with Crippen LogP contribution in [0.4, 0.5) is 0 Å². The van der Waals surface area contributed by atoms with Gasteiger partial charge < -0.3 is 5.11 Å². The standard InChI is InChI=1S/C15H22O/c1-2-3-4-5-6-10-13-15(16)14-11-8-7-9-12-14/h7-13,15-16H,2-6H2,1H3/b13-10+/t15-/m0/s1. The Balaban J connectivity index is 2.24. The molecule has 0 aliphatic heterocycles. The maximum atomic E-state index is 9.84. The first-order valence-corrected chi connectivity index (χ1v) is 6.24. The van der Waals surface area contributed by atoms with Crippen LogP contribution in [0.1, 0.15) is 50.7 Å². The highest BCUT2D eigenvalue weighted by molar-refractivity contribution is 5.20. The second kappa shape index (κ2) is 8.12. The molecule has 0 spiro atoms. The molecule has 1 N–H and O–H groups in total. The smallest absolute Gasteiger partial charge is 0.0971 e. The van der Waals surface area contributed by atoms with Crippen molar-refractivity contribution in [2.75, 3.05) is 0 Å². The molecule has 0 aliphatic carbocycles. The van der Waals surface area contributed by atoms with Gasteiger partial charge in [-0.25, -0.2) is 0 Å². The minimum absolute atomic E-state index is 0.452. The minimum atomic E-state index is -0.452. The van der Waals surface area contributed by atoms with Gasteiger partial charge in [0.1, 0.15) is 0 Å². The van der Waals surface area contributed by atoms with E-state index in [0.29, 0.717) is 0 Å². The van der Waals surface area contributed by atoms with E-state index in [2.05, 4.69) is 13.0 Å². The van der Waals surface area contributed by atoms with E-state index >= 15 is 0 Å². The third-order valence-electron chi connectivity index (χ3n) is 2.68. The third kappa shape index (κ3) is 5.13. The van der Waals surface area contributed by atoms with Crippen LogP contribution in [0.3, 0.4) is 0 Å². The molecule has 1 heteroatoms. The monoisotopic (exact) mass is 218 g/mol. The molecule has 0 amide bonds. The predicted molar refractivity (Wildman–Crippen MR) is 69.3 cm³/mol. The zero-order valence-electron chi connectivity index (χ0n) is 10.1. The van der Waals surface area contributed by atoms with Crippen molar-refractivity contribution in [1.82, 2.24) is 0 Å². The molecular formula is C15H22O. The van der Waals surface area contributed by atoms with Crippen LogP contribution in [0.25, 0.3) is 0 Å². The molecule has 0 heterocycles. The molecule has 0 fully saturated rings. The highest BCUT2D eigenvalue weighted by atomic mass is 16.3. The van der Waals surface area contributed by atoms with E-state index in [0.717, 1.165) is 12.0 Å². The highest BCUT2D eigenvalue weighted by Gasteiger charge is 2.00.